The summed E-state index contributed by atoms with van der Waals surface area (Å²) in [7, 11) is -3.68. The number of rotatable bonds is 6. The first-order valence-corrected chi connectivity index (χ1v) is 7.78. The smallest absolute Gasteiger partial charge is 0.384 e. The average molecular weight is 323 g/mol. The fourth-order valence-electron chi connectivity index (χ4n) is 1.59. The number of alkyl halides is 3. The summed E-state index contributed by atoms with van der Waals surface area (Å²) in [6.45, 7) is 1.81. The molecule has 0 aliphatic rings. The third kappa shape index (κ3) is 4.92. The summed E-state index contributed by atoms with van der Waals surface area (Å²) >= 11 is 0. The van der Waals surface area contributed by atoms with Gasteiger partial charge in [0, 0.05) is 5.56 Å². The molecule has 0 aliphatic carbocycles. The number of nitrogens with one attached hydrogen (secondary N) is 2. The SMILES string of the molecule is CCCCS(=O)(=O)Nc1ccc(C(F)(F)F)cc1C(=N)N. The van der Waals surface area contributed by atoms with Crippen molar-refractivity contribution in [1.29, 1.82) is 5.41 Å². The molecule has 0 amide bonds. The highest BCUT2D eigenvalue weighted by Gasteiger charge is 2.31. The fraction of sp³-hybridized carbons (Fsp3) is 0.417. The Kier molecular flexibility index (Phi) is 5.21. The molecule has 1 aromatic carbocycles. The molecule has 0 saturated carbocycles. The van der Waals surface area contributed by atoms with Crippen LogP contribution in [0.2, 0.25) is 0 Å². The first-order chi connectivity index (χ1) is 9.57. The standard InChI is InChI=1S/C12H16F3N3O2S/c1-2-3-6-21(19,20)18-10-5-4-8(12(13,14)15)7-9(10)11(16)17/h4-5,7,18H,2-3,6H2,1H3,(H3,16,17). The molecule has 118 valence electrons. The van der Waals surface area contributed by atoms with Crippen LogP contribution in [0.15, 0.2) is 18.2 Å². The average Bonchev–Trinajstić information content (AvgIpc) is 2.34. The first kappa shape index (κ1) is 17.3. The van der Waals surface area contributed by atoms with E-state index in [1.54, 1.807) is 0 Å². The lowest BCUT2D eigenvalue weighted by molar-refractivity contribution is -0.137. The molecule has 1 rings (SSSR count). The lowest BCUT2D eigenvalue weighted by Crippen LogP contribution is -2.21. The minimum atomic E-state index is -4.59. The van der Waals surface area contributed by atoms with Gasteiger partial charge in [-0.2, -0.15) is 13.2 Å². The zero-order valence-corrected chi connectivity index (χ0v) is 12.1. The molecule has 0 aliphatic heterocycles. The Labute approximate surface area is 120 Å². The van der Waals surface area contributed by atoms with Crippen LogP contribution in [0.25, 0.3) is 0 Å². The molecule has 0 bridgehead atoms. The third-order valence-electron chi connectivity index (χ3n) is 2.67. The van der Waals surface area contributed by atoms with Crippen molar-refractivity contribution in [2.24, 2.45) is 5.73 Å². The van der Waals surface area contributed by atoms with Gasteiger partial charge < -0.3 is 5.73 Å². The van der Waals surface area contributed by atoms with E-state index < -0.39 is 27.6 Å². The molecule has 9 heteroatoms. The number of nitrogens with two attached hydrogens (primary N) is 1. The largest absolute Gasteiger partial charge is 0.416 e. The molecule has 1 aromatic rings. The van der Waals surface area contributed by atoms with Gasteiger partial charge in [0.2, 0.25) is 10.0 Å². The minimum absolute atomic E-state index is 0.133. The molecule has 0 saturated heterocycles. The molecule has 0 aromatic heterocycles. The van der Waals surface area contributed by atoms with Crippen molar-refractivity contribution in [3.05, 3.63) is 29.3 Å². The van der Waals surface area contributed by atoms with E-state index in [1.807, 2.05) is 6.92 Å². The fourth-order valence-corrected chi connectivity index (χ4v) is 2.87. The van der Waals surface area contributed by atoms with E-state index in [4.69, 9.17) is 11.1 Å². The normalized spacial score (nSPS) is 12.2. The van der Waals surface area contributed by atoms with E-state index >= 15 is 0 Å². The number of unbranched alkanes of at least 4 members (excludes halogenated alkanes) is 1. The van der Waals surface area contributed by atoms with E-state index in [0.29, 0.717) is 18.9 Å². The number of anilines is 1. The Morgan fingerprint density at radius 3 is 2.48 bits per heavy atom. The Morgan fingerprint density at radius 2 is 2.00 bits per heavy atom. The molecule has 5 nitrogen and oxygen atoms in total. The van der Waals surface area contributed by atoms with Crippen LogP contribution in [-0.4, -0.2) is 20.0 Å². The van der Waals surface area contributed by atoms with Crippen LogP contribution in [0.4, 0.5) is 18.9 Å². The van der Waals surface area contributed by atoms with E-state index in [0.717, 1.165) is 12.1 Å². The lowest BCUT2D eigenvalue weighted by atomic mass is 10.1. The quantitative estimate of drug-likeness (QED) is 0.554. The molecule has 0 spiro atoms. The van der Waals surface area contributed by atoms with Gasteiger partial charge in [0.1, 0.15) is 5.84 Å². The maximum Gasteiger partial charge on any atom is 0.416 e. The van der Waals surface area contributed by atoms with Crippen LogP contribution in [0, 0.1) is 5.41 Å². The molecule has 0 heterocycles. The van der Waals surface area contributed by atoms with Crippen LogP contribution in [-0.2, 0) is 16.2 Å². The molecule has 0 atom stereocenters. The highest BCUT2D eigenvalue weighted by atomic mass is 32.2. The second-order valence-electron chi connectivity index (χ2n) is 4.45. The zero-order chi connectivity index (χ0) is 16.3. The number of nitrogen functional groups attached to an aromatic ring is 1. The summed E-state index contributed by atoms with van der Waals surface area (Å²) in [5.41, 5.74) is 3.80. The van der Waals surface area contributed by atoms with Crippen LogP contribution >= 0.6 is 0 Å². The van der Waals surface area contributed by atoms with Gasteiger partial charge in [-0.25, -0.2) is 8.42 Å². The molecule has 0 fully saturated rings. The van der Waals surface area contributed by atoms with E-state index in [9.17, 15) is 21.6 Å². The molecule has 0 radical (unpaired) electrons. The maximum absolute atomic E-state index is 12.6. The summed E-state index contributed by atoms with van der Waals surface area (Å²) in [6.07, 6.45) is -3.51. The third-order valence-corrected chi connectivity index (χ3v) is 4.03. The summed E-state index contributed by atoms with van der Waals surface area (Å²) in [4.78, 5) is 0. The summed E-state index contributed by atoms with van der Waals surface area (Å²) in [6, 6.07) is 2.35. The Bertz CT molecular complexity index is 627. The number of hydrogen-bond acceptors (Lipinski definition) is 3. The van der Waals surface area contributed by atoms with Gasteiger partial charge in [-0.05, 0) is 24.6 Å². The summed E-state index contributed by atoms with van der Waals surface area (Å²) in [5, 5.41) is 7.30. The van der Waals surface area contributed by atoms with Gasteiger partial charge in [0.25, 0.3) is 0 Å². The van der Waals surface area contributed by atoms with Gasteiger partial charge in [0.05, 0.1) is 17.0 Å². The number of hydrogen-bond donors (Lipinski definition) is 3. The molecule has 4 N–H and O–H groups in total. The predicted molar refractivity (Wildman–Crippen MR) is 74.8 cm³/mol. The molecule has 21 heavy (non-hydrogen) atoms. The van der Waals surface area contributed by atoms with Crippen LogP contribution < -0.4 is 10.5 Å². The van der Waals surface area contributed by atoms with Crippen molar-refractivity contribution >= 4 is 21.5 Å². The molecule has 0 unspecified atom stereocenters. The maximum atomic E-state index is 12.6. The summed E-state index contributed by atoms with van der Waals surface area (Å²) in [5.74, 6) is -0.795. The van der Waals surface area contributed by atoms with Gasteiger partial charge in [-0.1, -0.05) is 13.3 Å². The number of sulfonamides is 1. The Balaban J connectivity index is 3.17. The Hall–Kier alpha value is -1.77. The van der Waals surface area contributed by atoms with Crippen LogP contribution in [0.5, 0.6) is 0 Å². The monoisotopic (exact) mass is 323 g/mol. The number of benzene rings is 1. The van der Waals surface area contributed by atoms with Crippen molar-refractivity contribution < 1.29 is 21.6 Å². The van der Waals surface area contributed by atoms with E-state index in [1.165, 1.54) is 0 Å². The number of halogens is 3. The topological polar surface area (TPSA) is 96.0 Å². The number of amidine groups is 1. The lowest BCUT2D eigenvalue weighted by Gasteiger charge is -2.14. The van der Waals surface area contributed by atoms with Crippen LogP contribution in [0.1, 0.15) is 30.9 Å². The second kappa shape index (κ2) is 6.33. The van der Waals surface area contributed by atoms with Crippen molar-refractivity contribution in [2.75, 3.05) is 10.5 Å². The van der Waals surface area contributed by atoms with Gasteiger partial charge in [-0.15, -0.1) is 0 Å². The first-order valence-electron chi connectivity index (χ1n) is 6.13. The molecular formula is C12H16F3N3O2S. The van der Waals surface area contributed by atoms with Gasteiger partial charge in [-0.3, -0.25) is 10.1 Å². The van der Waals surface area contributed by atoms with Crippen molar-refractivity contribution in [1.82, 2.24) is 0 Å². The highest BCUT2D eigenvalue weighted by Crippen LogP contribution is 2.32. The summed E-state index contributed by atoms with van der Waals surface area (Å²) < 4.78 is 63.6. The van der Waals surface area contributed by atoms with Crippen molar-refractivity contribution in [2.45, 2.75) is 25.9 Å². The van der Waals surface area contributed by atoms with Crippen LogP contribution in [0.3, 0.4) is 0 Å². The van der Waals surface area contributed by atoms with Crippen molar-refractivity contribution in [3.63, 3.8) is 0 Å². The zero-order valence-electron chi connectivity index (χ0n) is 11.3. The highest BCUT2D eigenvalue weighted by molar-refractivity contribution is 7.92. The predicted octanol–water partition coefficient (Wildman–Crippen LogP) is 2.53. The van der Waals surface area contributed by atoms with Gasteiger partial charge in [0.15, 0.2) is 0 Å². The second-order valence-corrected chi connectivity index (χ2v) is 6.29. The van der Waals surface area contributed by atoms with Gasteiger partial charge >= 0.3 is 6.18 Å². The molecular weight excluding hydrogens is 307 g/mol. The van der Waals surface area contributed by atoms with Crippen molar-refractivity contribution in [3.8, 4) is 0 Å². The minimum Gasteiger partial charge on any atom is -0.384 e. The van der Waals surface area contributed by atoms with E-state index in [2.05, 4.69) is 4.72 Å². The van der Waals surface area contributed by atoms with E-state index in [-0.39, 0.29) is 17.0 Å². The Morgan fingerprint density at radius 1 is 1.38 bits per heavy atom.